The monoisotopic (exact) mass is 1060 g/mol. The largest absolute Gasteiger partial charge is 0.330 e. The van der Waals surface area contributed by atoms with Crippen molar-refractivity contribution in [3.63, 3.8) is 0 Å². The van der Waals surface area contributed by atoms with Crippen LogP contribution in [0.3, 0.4) is 0 Å². The Morgan fingerprint density at radius 1 is 0.164 bits per heavy atom. The Morgan fingerprint density at radius 3 is 0.301 bits per heavy atom. The highest BCUT2D eigenvalue weighted by molar-refractivity contribution is 7.38. The first-order valence-corrected chi connectivity index (χ1v) is 35.1. The maximum Gasteiger partial charge on any atom is 0.324 e. The summed E-state index contributed by atoms with van der Waals surface area (Å²) < 4.78 is 0. The molecule has 0 aliphatic rings. The smallest absolute Gasteiger partial charge is 0.324 e. The molecule has 0 aromatic rings. The van der Waals surface area contributed by atoms with E-state index in [1.807, 2.05) is 0 Å². The number of rotatable bonds is 60. The first-order valence-electron chi connectivity index (χ1n) is 33.9. The van der Waals surface area contributed by atoms with E-state index >= 15 is 0 Å². The van der Waals surface area contributed by atoms with Crippen molar-refractivity contribution in [1.82, 2.24) is 0 Å². The maximum atomic E-state index is 7.23. The standard InChI is InChI=1S/3C22H47N.H3O3P/c3*1-2-3-4-5-6-7-8-9-10-11-12-13-14-15-16-17-18-19-20-21-22-23;1-4(2)3/h3*2-23H2,1H3;1-3H. The number of hydrogen-bond acceptors (Lipinski definition) is 6. The highest BCUT2D eigenvalue weighted by atomic mass is 31.2. The molecule has 9 N–H and O–H groups in total. The quantitative estimate of drug-likeness (QED) is 0.0265. The Kier molecular flexibility index (Phi) is 91.1. The lowest BCUT2D eigenvalue weighted by atomic mass is 10.0. The summed E-state index contributed by atoms with van der Waals surface area (Å²) in [5, 5.41) is 0. The van der Waals surface area contributed by atoms with Crippen molar-refractivity contribution in [2.24, 2.45) is 17.2 Å². The molecule has 0 aliphatic heterocycles. The minimum atomic E-state index is -2.62. The zero-order valence-electron chi connectivity index (χ0n) is 51.1. The molecule has 0 bridgehead atoms. The highest BCUT2D eigenvalue weighted by Gasteiger charge is 1.99. The van der Waals surface area contributed by atoms with E-state index in [-0.39, 0.29) is 0 Å². The van der Waals surface area contributed by atoms with Crippen molar-refractivity contribution in [3.8, 4) is 0 Å². The van der Waals surface area contributed by atoms with Crippen molar-refractivity contribution in [2.75, 3.05) is 19.6 Å². The van der Waals surface area contributed by atoms with E-state index in [2.05, 4.69) is 20.8 Å². The van der Waals surface area contributed by atoms with Gasteiger partial charge in [-0.3, -0.25) is 0 Å². The van der Waals surface area contributed by atoms with Crippen LogP contribution in [0.4, 0.5) is 0 Å². The minimum absolute atomic E-state index is 0.874. The summed E-state index contributed by atoms with van der Waals surface area (Å²) in [4.78, 5) is 21.7. The van der Waals surface area contributed by atoms with Gasteiger partial charge in [-0.15, -0.1) is 0 Å². The van der Waals surface area contributed by atoms with Gasteiger partial charge in [-0.25, -0.2) is 0 Å². The molecular weight excluding hydrogens is 914 g/mol. The van der Waals surface area contributed by atoms with E-state index in [9.17, 15) is 0 Å². The Morgan fingerprint density at radius 2 is 0.233 bits per heavy atom. The lowest BCUT2D eigenvalue weighted by molar-refractivity contribution is 0.368. The lowest BCUT2D eigenvalue weighted by Crippen LogP contribution is -1.97. The van der Waals surface area contributed by atoms with Crippen LogP contribution in [-0.4, -0.2) is 34.3 Å². The lowest BCUT2D eigenvalue weighted by Gasteiger charge is -2.04. The molecule has 6 nitrogen and oxygen atoms in total. The first-order chi connectivity index (χ1) is 36.0. The Labute approximate surface area is 464 Å². The molecule has 7 heteroatoms. The van der Waals surface area contributed by atoms with Crippen LogP contribution >= 0.6 is 8.60 Å². The number of unbranched alkanes of at least 4 members (excludes halogenated alkanes) is 57. The third kappa shape index (κ3) is 98.2. The van der Waals surface area contributed by atoms with E-state index in [4.69, 9.17) is 31.9 Å². The number of hydrogen-bond donors (Lipinski definition) is 6. The van der Waals surface area contributed by atoms with Gasteiger partial charge in [0.2, 0.25) is 0 Å². The van der Waals surface area contributed by atoms with Crippen LogP contribution in [0.15, 0.2) is 0 Å². The van der Waals surface area contributed by atoms with Gasteiger partial charge in [0, 0.05) is 0 Å². The van der Waals surface area contributed by atoms with Crippen LogP contribution in [-0.2, 0) is 0 Å². The Hall–Kier alpha value is 0.190. The fraction of sp³-hybridized carbons (Fsp3) is 1.00. The molecule has 0 spiro atoms. The van der Waals surface area contributed by atoms with Crippen molar-refractivity contribution >= 4 is 8.60 Å². The number of nitrogens with two attached hydrogens (primary N) is 3. The first kappa shape index (κ1) is 79.7. The SMILES string of the molecule is CCCCCCCCCCCCCCCCCCCCCCN.CCCCCCCCCCCCCCCCCCCCCCN.CCCCCCCCCCCCCCCCCCCCCCN.OP(O)O. The van der Waals surface area contributed by atoms with Gasteiger partial charge >= 0.3 is 8.60 Å². The molecule has 0 atom stereocenters. The normalized spacial score (nSPS) is 11.1. The van der Waals surface area contributed by atoms with Gasteiger partial charge in [-0.1, -0.05) is 387 Å². The summed E-state index contributed by atoms with van der Waals surface area (Å²) in [7, 11) is -2.62. The van der Waals surface area contributed by atoms with Gasteiger partial charge in [0.05, 0.1) is 0 Å². The molecule has 0 unspecified atom stereocenters. The van der Waals surface area contributed by atoms with Gasteiger partial charge in [-0.05, 0) is 38.9 Å². The van der Waals surface area contributed by atoms with E-state index in [1.165, 1.54) is 385 Å². The molecule has 0 aromatic carbocycles. The molecule has 0 rings (SSSR count). The van der Waals surface area contributed by atoms with Gasteiger partial charge < -0.3 is 31.9 Å². The van der Waals surface area contributed by atoms with Crippen LogP contribution < -0.4 is 17.2 Å². The van der Waals surface area contributed by atoms with Crippen LogP contribution in [0.5, 0.6) is 0 Å². The molecule has 0 aliphatic carbocycles. The summed E-state index contributed by atoms with van der Waals surface area (Å²) in [6.45, 7) is 9.51. The second kappa shape index (κ2) is 83.5. The second-order valence-corrected chi connectivity index (χ2v) is 23.3. The van der Waals surface area contributed by atoms with Gasteiger partial charge in [0.15, 0.2) is 0 Å². The third-order valence-corrected chi connectivity index (χ3v) is 15.2. The van der Waals surface area contributed by atoms with Crippen LogP contribution in [0.2, 0.25) is 0 Å². The molecular formula is C66H144N3O3P. The summed E-state index contributed by atoms with van der Waals surface area (Å²) in [5.74, 6) is 0. The maximum absolute atomic E-state index is 7.23. The second-order valence-electron chi connectivity index (χ2n) is 22.8. The van der Waals surface area contributed by atoms with Crippen molar-refractivity contribution < 1.29 is 14.7 Å². The summed E-state index contributed by atoms with van der Waals surface area (Å²) in [5.41, 5.74) is 16.5. The summed E-state index contributed by atoms with van der Waals surface area (Å²) in [6, 6.07) is 0. The zero-order valence-corrected chi connectivity index (χ0v) is 52.0. The molecule has 446 valence electrons. The molecule has 0 aromatic heterocycles. The van der Waals surface area contributed by atoms with Crippen molar-refractivity contribution in [3.05, 3.63) is 0 Å². The minimum Gasteiger partial charge on any atom is -0.330 e. The average molecular weight is 1060 g/mol. The van der Waals surface area contributed by atoms with E-state index < -0.39 is 8.60 Å². The topological polar surface area (TPSA) is 139 Å². The van der Waals surface area contributed by atoms with Gasteiger partial charge in [-0.2, -0.15) is 0 Å². The van der Waals surface area contributed by atoms with E-state index in [1.54, 1.807) is 0 Å². The summed E-state index contributed by atoms with van der Waals surface area (Å²) in [6.07, 6.45) is 86.5. The van der Waals surface area contributed by atoms with Crippen LogP contribution in [0, 0.1) is 0 Å². The Bertz CT molecular complexity index is 677. The summed E-state index contributed by atoms with van der Waals surface area (Å²) >= 11 is 0. The molecule has 0 radical (unpaired) electrons. The third-order valence-electron chi connectivity index (χ3n) is 15.2. The molecule has 0 fully saturated rings. The zero-order chi connectivity index (χ0) is 54.1. The molecule has 0 saturated heterocycles. The van der Waals surface area contributed by atoms with Crippen LogP contribution in [0.1, 0.15) is 406 Å². The molecule has 0 saturated carbocycles. The highest BCUT2D eigenvalue weighted by Crippen LogP contribution is 2.18. The van der Waals surface area contributed by atoms with E-state index in [0.29, 0.717) is 0 Å². The van der Waals surface area contributed by atoms with Crippen LogP contribution in [0.25, 0.3) is 0 Å². The fourth-order valence-electron chi connectivity index (χ4n) is 10.2. The molecule has 0 amide bonds. The van der Waals surface area contributed by atoms with Gasteiger partial charge in [0.1, 0.15) is 0 Å². The molecule has 73 heavy (non-hydrogen) atoms. The Balaban J connectivity index is -0.000000470. The predicted molar refractivity (Wildman–Crippen MR) is 335 cm³/mol. The fourth-order valence-corrected chi connectivity index (χ4v) is 10.2. The predicted octanol–water partition coefficient (Wildman–Crippen LogP) is 22.5. The van der Waals surface area contributed by atoms with Gasteiger partial charge in [0.25, 0.3) is 0 Å². The van der Waals surface area contributed by atoms with E-state index in [0.717, 1.165) is 19.6 Å². The molecule has 0 heterocycles. The van der Waals surface area contributed by atoms with Crippen molar-refractivity contribution in [1.29, 1.82) is 0 Å². The average Bonchev–Trinajstić information content (AvgIpc) is 3.38. The van der Waals surface area contributed by atoms with Crippen molar-refractivity contribution in [2.45, 2.75) is 406 Å².